The number of urea groups is 1. The van der Waals surface area contributed by atoms with E-state index >= 15 is 0 Å². The van der Waals surface area contributed by atoms with Crippen molar-refractivity contribution in [2.45, 2.75) is 38.3 Å². The molecule has 2 unspecified atom stereocenters. The van der Waals surface area contributed by atoms with E-state index in [2.05, 4.69) is 27.1 Å². The number of likely N-dealkylation sites (N-methyl/N-ethyl adjacent to an activating group) is 1. The van der Waals surface area contributed by atoms with Gasteiger partial charge in [-0.25, -0.2) is 9.78 Å². The van der Waals surface area contributed by atoms with Gasteiger partial charge in [0.2, 0.25) is 0 Å². The third kappa shape index (κ3) is 4.03. The lowest BCUT2D eigenvalue weighted by Gasteiger charge is -2.40. The number of piperazine rings is 1. The third-order valence-electron chi connectivity index (χ3n) is 4.77. The van der Waals surface area contributed by atoms with Gasteiger partial charge in [-0.15, -0.1) is 0 Å². The first-order valence-electron chi connectivity index (χ1n) is 8.65. The molecule has 1 aromatic heterocycles. The van der Waals surface area contributed by atoms with Gasteiger partial charge in [-0.3, -0.25) is 4.90 Å². The Bertz CT molecular complexity index is 487. The molecule has 7 heteroatoms. The number of aromatic nitrogens is 2. The summed E-state index contributed by atoms with van der Waals surface area (Å²) in [5, 5.41) is 3.03. The Morgan fingerprint density at radius 3 is 3.09 bits per heavy atom. The maximum Gasteiger partial charge on any atom is 0.317 e. The SMILES string of the molecule is CCN1CCN(C(=O)NCC2CCCCO2)CC1c1ncc[nH]1. The minimum absolute atomic E-state index is 0.00600. The van der Waals surface area contributed by atoms with E-state index in [9.17, 15) is 4.79 Å². The van der Waals surface area contributed by atoms with E-state index < -0.39 is 0 Å². The summed E-state index contributed by atoms with van der Waals surface area (Å²) in [6.07, 6.45) is 7.14. The maximum absolute atomic E-state index is 12.5. The topological polar surface area (TPSA) is 73.5 Å². The molecule has 0 aromatic carbocycles. The molecule has 0 radical (unpaired) electrons. The molecule has 0 bridgehead atoms. The van der Waals surface area contributed by atoms with Crippen LogP contribution in [0.2, 0.25) is 0 Å². The van der Waals surface area contributed by atoms with Crippen molar-refractivity contribution in [1.29, 1.82) is 0 Å². The van der Waals surface area contributed by atoms with E-state index in [1.54, 1.807) is 6.20 Å². The fourth-order valence-corrected chi connectivity index (χ4v) is 3.38. The van der Waals surface area contributed by atoms with Crippen molar-refractivity contribution in [3.8, 4) is 0 Å². The summed E-state index contributed by atoms with van der Waals surface area (Å²) in [5.41, 5.74) is 0. The number of carbonyl (C=O) groups is 1. The van der Waals surface area contributed by atoms with Gasteiger partial charge in [0.15, 0.2) is 0 Å². The van der Waals surface area contributed by atoms with E-state index in [-0.39, 0.29) is 18.2 Å². The van der Waals surface area contributed by atoms with Gasteiger partial charge in [0.25, 0.3) is 0 Å². The zero-order chi connectivity index (χ0) is 16.1. The number of ether oxygens (including phenoxy) is 1. The highest BCUT2D eigenvalue weighted by atomic mass is 16.5. The molecule has 1 aromatic rings. The Morgan fingerprint density at radius 2 is 2.39 bits per heavy atom. The number of nitrogens with zero attached hydrogens (tertiary/aromatic N) is 3. The monoisotopic (exact) mass is 321 g/mol. The second-order valence-electron chi connectivity index (χ2n) is 6.24. The van der Waals surface area contributed by atoms with Crippen LogP contribution in [0.1, 0.15) is 38.1 Å². The fourth-order valence-electron chi connectivity index (χ4n) is 3.38. The van der Waals surface area contributed by atoms with Crippen molar-refractivity contribution in [1.82, 2.24) is 25.1 Å². The molecule has 2 amide bonds. The minimum atomic E-state index is 0.00600. The predicted molar refractivity (Wildman–Crippen MR) is 87.1 cm³/mol. The van der Waals surface area contributed by atoms with Gasteiger partial charge in [-0.1, -0.05) is 6.92 Å². The highest BCUT2D eigenvalue weighted by molar-refractivity contribution is 5.74. The first kappa shape index (κ1) is 16.3. The summed E-state index contributed by atoms with van der Waals surface area (Å²) in [7, 11) is 0. The molecule has 2 atom stereocenters. The Morgan fingerprint density at radius 1 is 1.48 bits per heavy atom. The van der Waals surface area contributed by atoms with Crippen LogP contribution in [0.4, 0.5) is 4.79 Å². The van der Waals surface area contributed by atoms with Crippen LogP contribution in [0, 0.1) is 0 Å². The van der Waals surface area contributed by atoms with Crippen LogP contribution in [-0.2, 0) is 4.74 Å². The van der Waals surface area contributed by atoms with E-state index in [0.29, 0.717) is 13.1 Å². The molecule has 128 valence electrons. The maximum atomic E-state index is 12.5. The predicted octanol–water partition coefficient (Wildman–Crippen LogP) is 1.37. The fraction of sp³-hybridized carbons (Fsp3) is 0.750. The molecular formula is C16H27N5O2. The minimum Gasteiger partial charge on any atom is -0.376 e. The molecule has 2 fully saturated rings. The molecule has 3 rings (SSSR count). The molecule has 3 heterocycles. The first-order chi connectivity index (χ1) is 11.3. The van der Waals surface area contributed by atoms with Crippen LogP contribution in [0.5, 0.6) is 0 Å². The lowest BCUT2D eigenvalue weighted by Crippen LogP contribution is -2.54. The number of H-pyrrole nitrogens is 1. The number of hydrogen-bond donors (Lipinski definition) is 2. The van der Waals surface area contributed by atoms with E-state index in [1.807, 2.05) is 11.1 Å². The van der Waals surface area contributed by atoms with Crippen molar-refractivity contribution < 1.29 is 9.53 Å². The molecule has 2 aliphatic rings. The number of imidazole rings is 1. The normalized spacial score (nSPS) is 26.2. The average molecular weight is 321 g/mol. The Hall–Kier alpha value is -1.60. The van der Waals surface area contributed by atoms with Crippen LogP contribution in [0.15, 0.2) is 12.4 Å². The van der Waals surface area contributed by atoms with E-state index in [0.717, 1.165) is 44.9 Å². The van der Waals surface area contributed by atoms with Crippen LogP contribution >= 0.6 is 0 Å². The van der Waals surface area contributed by atoms with Gasteiger partial charge >= 0.3 is 6.03 Å². The van der Waals surface area contributed by atoms with Gasteiger partial charge < -0.3 is 19.9 Å². The van der Waals surface area contributed by atoms with Crippen molar-refractivity contribution in [2.24, 2.45) is 0 Å². The molecular weight excluding hydrogens is 294 g/mol. The lowest BCUT2D eigenvalue weighted by atomic mass is 10.1. The number of nitrogens with one attached hydrogen (secondary N) is 2. The second kappa shape index (κ2) is 7.79. The van der Waals surface area contributed by atoms with Gasteiger partial charge in [0.1, 0.15) is 5.82 Å². The molecule has 7 nitrogen and oxygen atoms in total. The molecule has 2 aliphatic heterocycles. The average Bonchev–Trinajstić information content (AvgIpc) is 3.14. The Balaban J connectivity index is 1.54. The quantitative estimate of drug-likeness (QED) is 0.878. The van der Waals surface area contributed by atoms with Gasteiger partial charge in [-0.05, 0) is 25.8 Å². The van der Waals surface area contributed by atoms with Crippen molar-refractivity contribution in [2.75, 3.05) is 39.3 Å². The Labute approximate surface area is 137 Å². The summed E-state index contributed by atoms with van der Waals surface area (Å²) in [4.78, 5) is 24.3. The zero-order valence-electron chi connectivity index (χ0n) is 13.8. The van der Waals surface area contributed by atoms with Crippen molar-refractivity contribution in [3.05, 3.63) is 18.2 Å². The highest BCUT2D eigenvalue weighted by Gasteiger charge is 2.31. The van der Waals surface area contributed by atoms with Gasteiger partial charge in [0.05, 0.1) is 12.1 Å². The number of amides is 2. The van der Waals surface area contributed by atoms with Gasteiger partial charge in [-0.2, -0.15) is 0 Å². The lowest BCUT2D eigenvalue weighted by molar-refractivity contribution is 0.0168. The second-order valence-corrected chi connectivity index (χ2v) is 6.24. The third-order valence-corrected chi connectivity index (χ3v) is 4.77. The molecule has 0 spiro atoms. The standard InChI is InChI=1S/C16H27N5O2/c1-2-20-8-9-21(12-14(20)15-17-6-7-18-15)16(22)19-11-13-5-3-4-10-23-13/h6-7,13-14H,2-5,8-12H2,1H3,(H,17,18)(H,19,22). The summed E-state index contributed by atoms with van der Waals surface area (Å²) in [6, 6.07) is 0.145. The summed E-state index contributed by atoms with van der Waals surface area (Å²) in [6.45, 7) is 6.81. The number of carbonyl (C=O) groups excluding carboxylic acids is 1. The van der Waals surface area contributed by atoms with E-state index in [1.165, 1.54) is 6.42 Å². The number of aromatic amines is 1. The molecule has 0 saturated carbocycles. The van der Waals surface area contributed by atoms with Gasteiger partial charge in [0, 0.05) is 45.2 Å². The molecule has 2 N–H and O–H groups in total. The van der Waals surface area contributed by atoms with Crippen LogP contribution in [0.25, 0.3) is 0 Å². The van der Waals surface area contributed by atoms with Crippen LogP contribution in [0.3, 0.4) is 0 Å². The number of rotatable bonds is 4. The number of hydrogen-bond acceptors (Lipinski definition) is 4. The summed E-state index contributed by atoms with van der Waals surface area (Å²) < 4.78 is 5.67. The highest BCUT2D eigenvalue weighted by Crippen LogP contribution is 2.22. The zero-order valence-corrected chi connectivity index (χ0v) is 13.8. The first-order valence-corrected chi connectivity index (χ1v) is 8.65. The van der Waals surface area contributed by atoms with Crippen LogP contribution < -0.4 is 5.32 Å². The molecule has 0 aliphatic carbocycles. The summed E-state index contributed by atoms with van der Waals surface area (Å²) >= 11 is 0. The largest absolute Gasteiger partial charge is 0.376 e. The van der Waals surface area contributed by atoms with E-state index in [4.69, 9.17) is 4.74 Å². The van der Waals surface area contributed by atoms with Crippen molar-refractivity contribution in [3.63, 3.8) is 0 Å². The van der Waals surface area contributed by atoms with Crippen molar-refractivity contribution >= 4 is 6.03 Å². The van der Waals surface area contributed by atoms with Crippen LogP contribution in [-0.4, -0.2) is 71.2 Å². The Kier molecular flexibility index (Phi) is 5.51. The molecule has 23 heavy (non-hydrogen) atoms. The summed E-state index contributed by atoms with van der Waals surface area (Å²) in [5.74, 6) is 0.931. The smallest absolute Gasteiger partial charge is 0.317 e. The molecule has 2 saturated heterocycles.